The van der Waals surface area contributed by atoms with Gasteiger partial charge in [-0.05, 0) is 26.0 Å². The highest BCUT2D eigenvalue weighted by molar-refractivity contribution is 5.88. The Bertz CT molecular complexity index is 560. The van der Waals surface area contributed by atoms with Crippen molar-refractivity contribution in [3.05, 3.63) is 41.2 Å². The third-order valence-electron chi connectivity index (χ3n) is 2.52. The van der Waals surface area contributed by atoms with Crippen molar-refractivity contribution in [2.75, 3.05) is 7.11 Å². The number of aryl methyl sites for hydroxylation is 2. The molecule has 0 spiro atoms. The van der Waals surface area contributed by atoms with Gasteiger partial charge >= 0.3 is 5.97 Å². The number of rotatable bonds is 3. The van der Waals surface area contributed by atoms with Crippen molar-refractivity contribution in [1.29, 1.82) is 0 Å². The second-order valence-corrected chi connectivity index (χ2v) is 3.89. The second kappa shape index (κ2) is 4.95. The minimum atomic E-state index is -0.387. The SMILES string of the molecule is COC(=O)c1ccc(Cn2nc(C)nc2C)nc1. The number of aromatic nitrogens is 4. The smallest absolute Gasteiger partial charge is 0.339 e. The third kappa shape index (κ3) is 2.53. The van der Waals surface area contributed by atoms with Crippen LogP contribution in [0, 0.1) is 13.8 Å². The molecule has 0 atom stereocenters. The molecular formula is C12H14N4O2. The van der Waals surface area contributed by atoms with Crippen molar-refractivity contribution in [1.82, 2.24) is 19.7 Å². The Morgan fingerprint density at radius 2 is 2.17 bits per heavy atom. The first kappa shape index (κ1) is 12.2. The van der Waals surface area contributed by atoms with Crippen LogP contribution < -0.4 is 0 Å². The standard InChI is InChI=1S/C12H14N4O2/c1-8-14-9(2)16(15-8)7-11-5-4-10(6-13-11)12(17)18-3/h4-6H,7H2,1-3H3. The maximum atomic E-state index is 11.3. The molecule has 2 aromatic rings. The van der Waals surface area contributed by atoms with Gasteiger partial charge in [0.1, 0.15) is 11.6 Å². The number of methoxy groups -OCH3 is 1. The van der Waals surface area contributed by atoms with E-state index in [0.717, 1.165) is 17.3 Å². The van der Waals surface area contributed by atoms with Crippen LogP contribution in [0.5, 0.6) is 0 Å². The number of hydrogen-bond donors (Lipinski definition) is 0. The topological polar surface area (TPSA) is 69.9 Å². The Balaban J connectivity index is 2.16. The van der Waals surface area contributed by atoms with Gasteiger partial charge in [0.15, 0.2) is 0 Å². The molecule has 0 saturated heterocycles. The van der Waals surface area contributed by atoms with E-state index in [1.54, 1.807) is 16.8 Å². The fourth-order valence-corrected chi connectivity index (χ4v) is 1.62. The molecule has 0 aliphatic rings. The molecule has 6 heteroatoms. The highest BCUT2D eigenvalue weighted by atomic mass is 16.5. The maximum absolute atomic E-state index is 11.3. The first-order valence-electron chi connectivity index (χ1n) is 5.51. The number of nitrogens with zero attached hydrogens (tertiary/aromatic N) is 4. The Morgan fingerprint density at radius 3 is 2.67 bits per heavy atom. The van der Waals surface area contributed by atoms with Gasteiger partial charge in [-0.2, -0.15) is 5.10 Å². The van der Waals surface area contributed by atoms with Crippen LogP contribution in [0.25, 0.3) is 0 Å². The molecular weight excluding hydrogens is 232 g/mol. The summed E-state index contributed by atoms with van der Waals surface area (Å²) in [4.78, 5) is 19.7. The molecule has 2 aromatic heterocycles. The zero-order valence-electron chi connectivity index (χ0n) is 10.5. The van der Waals surface area contributed by atoms with Gasteiger partial charge in [-0.15, -0.1) is 0 Å². The van der Waals surface area contributed by atoms with Gasteiger partial charge in [-0.3, -0.25) is 4.98 Å². The van der Waals surface area contributed by atoms with Crippen LogP contribution in [-0.4, -0.2) is 32.8 Å². The van der Waals surface area contributed by atoms with Gasteiger partial charge in [-0.1, -0.05) is 0 Å². The van der Waals surface area contributed by atoms with Gasteiger partial charge in [0.05, 0.1) is 24.9 Å². The van der Waals surface area contributed by atoms with E-state index < -0.39 is 0 Å². The van der Waals surface area contributed by atoms with Crippen molar-refractivity contribution in [3.63, 3.8) is 0 Å². The summed E-state index contributed by atoms with van der Waals surface area (Å²) in [5.74, 6) is 1.19. The summed E-state index contributed by atoms with van der Waals surface area (Å²) < 4.78 is 6.38. The molecule has 0 fully saturated rings. The Morgan fingerprint density at radius 1 is 1.39 bits per heavy atom. The fourth-order valence-electron chi connectivity index (χ4n) is 1.62. The van der Waals surface area contributed by atoms with Gasteiger partial charge < -0.3 is 4.74 Å². The summed E-state index contributed by atoms with van der Waals surface area (Å²) in [6.45, 7) is 4.27. The second-order valence-electron chi connectivity index (χ2n) is 3.89. The molecule has 0 saturated carbocycles. The van der Waals surface area contributed by atoms with Crippen molar-refractivity contribution < 1.29 is 9.53 Å². The molecule has 6 nitrogen and oxygen atoms in total. The number of pyridine rings is 1. The summed E-state index contributed by atoms with van der Waals surface area (Å²) in [6.07, 6.45) is 1.50. The van der Waals surface area contributed by atoms with Gasteiger partial charge in [0, 0.05) is 6.20 Å². The number of hydrogen-bond acceptors (Lipinski definition) is 5. The zero-order valence-corrected chi connectivity index (χ0v) is 10.5. The molecule has 18 heavy (non-hydrogen) atoms. The summed E-state index contributed by atoms with van der Waals surface area (Å²) in [7, 11) is 1.35. The summed E-state index contributed by atoms with van der Waals surface area (Å²) in [6, 6.07) is 3.47. The lowest BCUT2D eigenvalue weighted by Crippen LogP contribution is -2.07. The summed E-state index contributed by atoms with van der Waals surface area (Å²) >= 11 is 0. The van der Waals surface area contributed by atoms with Crippen LogP contribution in [0.1, 0.15) is 27.7 Å². The minimum absolute atomic E-state index is 0.387. The van der Waals surface area contributed by atoms with E-state index in [-0.39, 0.29) is 5.97 Å². The Kier molecular flexibility index (Phi) is 3.36. The maximum Gasteiger partial charge on any atom is 0.339 e. The zero-order chi connectivity index (χ0) is 13.1. The van der Waals surface area contributed by atoms with E-state index in [4.69, 9.17) is 0 Å². The predicted octanol–water partition coefficient (Wildman–Crippen LogP) is 1.12. The molecule has 0 aliphatic heterocycles. The lowest BCUT2D eigenvalue weighted by atomic mass is 10.2. The highest BCUT2D eigenvalue weighted by Crippen LogP contribution is 2.05. The van der Waals surface area contributed by atoms with Crippen molar-refractivity contribution >= 4 is 5.97 Å². The predicted molar refractivity (Wildman–Crippen MR) is 64.2 cm³/mol. The van der Waals surface area contributed by atoms with Gasteiger partial charge in [0.2, 0.25) is 0 Å². The van der Waals surface area contributed by atoms with Crippen molar-refractivity contribution in [3.8, 4) is 0 Å². The normalized spacial score (nSPS) is 10.4. The van der Waals surface area contributed by atoms with E-state index in [1.807, 2.05) is 13.8 Å². The molecule has 0 amide bonds. The molecule has 0 aromatic carbocycles. The lowest BCUT2D eigenvalue weighted by Gasteiger charge is -2.03. The molecule has 0 unspecified atom stereocenters. The summed E-state index contributed by atoms with van der Waals surface area (Å²) in [5.41, 5.74) is 1.25. The van der Waals surface area contributed by atoms with Crippen LogP contribution in [0.4, 0.5) is 0 Å². The first-order chi connectivity index (χ1) is 8.60. The number of carbonyl (C=O) groups excluding carboxylic acids is 1. The number of esters is 1. The van der Waals surface area contributed by atoms with Crippen LogP contribution in [0.2, 0.25) is 0 Å². The molecule has 0 N–H and O–H groups in total. The molecule has 0 aliphatic carbocycles. The van der Waals surface area contributed by atoms with Crippen LogP contribution >= 0.6 is 0 Å². The van der Waals surface area contributed by atoms with Crippen molar-refractivity contribution in [2.45, 2.75) is 20.4 Å². The van der Waals surface area contributed by atoms with Gasteiger partial charge in [-0.25, -0.2) is 14.5 Å². The average molecular weight is 246 g/mol. The average Bonchev–Trinajstić information content (AvgIpc) is 2.68. The molecule has 0 bridgehead atoms. The Hall–Kier alpha value is -2.24. The van der Waals surface area contributed by atoms with Crippen LogP contribution in [0.15, 0.2) is 18.3 Å². The number of carbonyl (C=O) groups is 1. The molecule has 2 heterocycles. The van der Waals surface area contributed by atoms with E-state index >= 15 is 0 Å². The quantitative estimate of drug-likeness (QED) is 0.759. The van der Waals surface area contributed by atoms with Gasteiger partial charge in [0.25, 0.3) is 0 Å². The lowest BCUT2D eigenvalue weighted by molar-refractivity contribution is 0.0600. The number of ether oxygens (including phenoxy) is 1. The highest BCUT2D eigenvalue weighted by Gasteiger charge is 2.07. The van der Waals surface area contributed by atoms with E-state index in [0.29, 0.717) is 12.1 Å². The first-order valence-corrected chi connectivity index (χ1v) is 5.51. The van der Waals surface area contributed by atoms with Crippen molar-refractivity contribution in [2.24, 2.45) is 0 Å². The van der Waals surface area contributed by atoms with E-state index in [2.05, 4.69) is 19.8 Å². The molecule has 94 valence electrons. The van der Waals surface area contributed by atoms with Crippen LogP contribution in [0.3, 0.4) is 0 Å². The fraction of sp³-hybridized carbons (Fsp3) is 0.333. The largest absolute Gasteiger partial charge is 0.465 e. The minimum Gasteiger partial charge on any atom is -0.465 e. The molecule has 2 rings (SSSR count). The summed E-state index contributed by atoms with van der Waals surface area (Å²) in [5, 5.41) is 4.25. The molecule has 0 radical (unpaired) electrons. The monoisotopic (exact) mass is 246 g/mol. The van der Waals surface area contributed by atoms with Crippen LogP contribution in [-0.2, 0) is 11.3 Å². The van der Waals surface area contributed by atoms with E-state index in [9.17, 15) is 4.79 Å². The Labute approximate surface area is 105 Å². The van der Waals surface area contributed by atoms with E-state index in [1.165, 1.54) is 13.3 Å². The third-order valence-corrected chi connectivity index (χ3v) is 2.52.